The van der Waals surface area contributed by atoms with Crippen LogP contribution in [0.4, 0.5) is 5.69 Å². The molecule has 1 aliphatic rings. The van der Waals surface area contributed by atoms with E-state index >= 15 is 0 Å². The van der Waals surface area contributed by atoms with Gasteiger partial charge < -0.3 is 15.3 Å². The van der Waals surface area contributed by atoms with Crippen molar-refractivity contribution in [3.8, 4) is 0 Å². The number of halogens is 1. The van der Waals surface area contributed by atoms with Gasteiger partial charge in [-0.05, 0) is 50.6 Å². The number of rotatable bonds is 7. The number of aliphatic hydroxyl groups is 1. The molecule has 125 valence electrons. The van der Waals surface area contributed by atoms with Gasteiger partial charge in [-0.1, -0.05) is 11.6 Å². The molecule has 4 nitrogen and oxygen atoms in total. The van der Waals surface area contributed by atoms with Crippen molar-refractivity contribution in [3.05, 3.63) is 66.6 Å². The maximum Gasteiger partial charge on any atom is 0.0737 e. The van der Waals surface area contributed by atoms with E-state index in [1.165, 1.54) is 11.8 Å². The number of nitrogens with zero attached hydrogens (tertiary/aromatic N) is 2. The molecule has 1 fully saturated rings. The zero-order chi connectivity index (χ0) is 16.9. The average Bonchev–Trinajstić information content (AvgIpc) is 2.99. The summed E-state index contributed by atoms with van der Waals surface area (Å²) in [6, 6.07) is 7.74. The van der Waals surface area contributed by atoms with Gasteiger partial charge in [0.15, 0.2) is 0 Å². The summed E-state index contributed by atoms with van der Waals surface area (Å²) in [5.41, 5.74) is 1.94. The van der Waals surface area contributed by atoms with Crippen LogP contribution in [0.25, 0.3) is 10.9 Å². The van der Waals surface area contributed by atoms with Crippen molar-refractivity contribution >= 4 is 28.2 Å². The second kappa shape index (κ2) is 8.15. The van der Waals surface area contributed by atoms with E-state index in [9.17, 15) is 0 Å². The highest BCUT2D eigenvalue weighted by molar-refractivity contribution is 6.31. The standard InChI is InChI=1S/C19H21ClN3O/c1-23(9-10-24)13-15-4-2-3-14(15)12-22-18-7-8-21-19-11-16(20)5-6-17(18)19/h2-8,11,24H,9-10,12-13H2,1H3,(H,21,22). The Morgan fingerprint density at radius 1 is 1.21 bits per heavy atom. The number of hydrogen-bond acceptors (Lipinski definition) is 4. The Labute approximate surface area is 148 Å². The second-order valence-electron chi connectivity index (χ2n) is 5.91. The van der Waals surface area contributed by atoms with E-state index < -0.39 is 0 Å². The first-order valence-corrected chi connectivity index (χ1v) is 8.36. The molecule has 2 N–H and O–H groups in total. The van der Waals surface area contributed by atoms with Gasteiger partial charge in [0.25, 0.3) is 0 Å². The molecule has 1 saturated carbocycles. The van der Waals surface area contributed by atoms with Crippen molar-refractivity contribution in [2.24, 2.45) is 0 Å². The van der Waals surface area contributed by atoms with E-state index in [0.717, 1.165) is 29.7 Å². The molecule has 0 amide bonds. The molecule has 1 aromatic heterocycles. The molecule has 0 aliphatic heterocycles. The van der Waals surface area contributed by atoms with Crippen molar-refractivity contribution in [2.75, 3.05) is 38.6 Å². The van der Waals surface area contributed by atoms with E-state index in [2.05, 4.69) is 34.5 Å². The van der Waals surface area contributed by atoms with E-state index in [1.807, 2.05) is 31.3 Å². The Hall–Kier alpha value is -1.36. The minimum Gasteiger partial charge on any atom is -0.395 e. The lowest BCUT2D eigenvalue weighted by atomic mass is 9.95. The van der Waals surface area contributed by atoms with Crippen molar-refractivity contribution in [2.45, 2.75) is 0 Å². The molecule has 0 unspecified atom stereocenters. The minimum absolute atomic E-state index is 0.177. The van der Waals surface area contributed by atoms with E-state index in [0.29, 0.717) is 11.6 Å². The monoisotopic (exact) mass is 342 g/mol. The van der Waals surface area contributed by atoms with Crippen molar-refractivity contribution < 1.29 is 5.11 Å². The number of likely N-dealkylation sites (N-methyl/N-ethyl adjacent to an activating group) is 1. The first-order valence-electron chi connectivity index (χ1n) is 7.98. The Bertz CT molecular complexity index is 679. The maximum atomic E-state index is 9.04. The number of benzene rings is 1. The van der Waals surface area contributed by atoms with Gasteiger partial charge in [0.05, 0.1) is 12.1 Å². The highest BCUT2D eigenvalue weighted by Gasteiger charge is 2.29. The molecule has 3 rings (SSSR count). The first kappa shape index (κ1) is 17.5. The van der Waals surface area contributed by atoms with Crippen molar-refractivity contribution in [3.63, 3.8) is 0 Å². The number of pyridine rings is 1. The largest absolute Gasteiger partial charge is 0.395 e. The highest BCUT2D eigenvalue weighted by atomic mass is 35.5. The zero-order valence-corrected chi connectivity index (χ0v) is 14.4. The summed E-state index contributed by atoms with van der Waals surface area (Å²) in [4.78, 5) is 6.48. The molecular weight excluding hydrogens is 322 g/mol. The van der Waals surface area contributed by atoms with Crippen molar-refractivity contribution in [1.29, 1.82) is 0 Å². The second-order valence-corrected chi connectivity index (χ2v) is 6.35. The fraction of sp³-hybridized carbons (Fsp3) is 0.263. The van der Waals surface area contributed by atoms with Gasteiger partial charge in [-0.2, -0.15) is 0 Å². The molecular formula is C19H21ClN3O. The van der Waals surface area contributed by atoms with E-state index in [1.54, 1.807) is 6.20 Å². The van der Waals surface area contributed by atoms with Gasteiger partial charge >= 0.3 is 0 Å². The molecule has 1 aliphatic carbocycles. The summed E-state index contributed by atoms with van der Waals surface area (Å²) in [5.74, 6) is 2.54. The van der Waals surface area contributed by atoms with Crippen LogP contribution in [-0.2, 0) is 0 Å². The van der Waals surface area contributed by atoms with Crippen LogP contribution in [0, 0.1) is 31.1 Å². The average molecular weight is 343 g/mol. The van der Waals surface area contributed by atoms with Gasteiger partial charge in [-0.25, -0.2) is 0 Å². The molecule has 0 spiro atoms. The van der Waals surface area contributed by atoms with E-state index in [-0.39, 0.29) is 6.61 Å². The van der Waals surface area contributed by atoms with Crippen LogP contribution in [0.2, 0.25) is 5.02 Å². The smallest absolute Gasteiger partial charge is 0.0737 e. The van der Waals surface area contributed by atoms with Gasteiger partial charge in [0.2, 0.25) is 0 Å². The Kier molecular flexibility index (Phi) is 5.93. The summed E-state index contributed by atoms with van der Waals surface area (Å²) in [5, 5.41) is 14.3. The third kappa shape index (κ3) is 4.18. The molecule has 2 aromatic rings. The van der Waals surface area contributed by atoms with Gasteiger partial charge in [0, 0.05) is 53.8 Å². The lowest BCUT2D eigenvalue weighted by Crippen LogP contribution is -2.30. The SMILES string of the molecule is CN(CCO)C[C]1[CH][CH][CH][C]1CNc1ccnc2cc(Cl)ccc12. The first-order chi connectivity index (χ1) is 11.7. The molecule has 0 atom stereocenters. The molecule has 24 heavy (non-hydrogen) atoms. The number of aromatic nitrogens is 1. The lowest BCUT2D eigenvalue weighted by molar-refractivity contribution is 0.226. The van der Waals surface area contributed by atoms with Gasteiger partial charge in [-0.3, -0.25) is 4.98 Å². The number of hydrogen-bond donors (Lipinski definition) is 2. The van der Waals surface area contributed by atoms with Crippen LogP contribution in [0.15, 0.2) is 30.5 Å². The Balaban J connectivity index is 1.65. The topological polar surface area (TPSA) is 48.4 Å². The van der Waals surface area contributed by atoms with Crippen LogP contribution >= 0.6 is 11.6 Å². The van der Waals surface area contributed by atoms with Crippen LogP contribution in [-0.4, -0.2) is 48.3 Å². The number of fused-ring (bicyclic) bond motifs is 1. The Morgan fingerprint density at radius 2 is 2.04 bits per heavy atom. The van der Waals surface area contributed by atoms with Gasteiger partial charge in [-0.15, -0.1) is 0 Å². The zero-order valence-electron chi connectivity index (χ0n) is 13.7. The summed E-state index contributed by atoms with van der Waals surface area (Å²) in [6.45, 7) is 2.43. The number of nitrogens with one attached hydrogen (secondary N) is 1. The molecule has 1 heterocycles. The van der Waals surface area contributed by atoms with Crippen LogP contribution < -0.4 is 5.32 Å². The fourth-order valence-corrected chi connectivity index (χ4v) is 2.99. The fourth-order valence-electron chi connectivity index (χ4n) is 2.83. The summed E-state index contributed by atoms with van der Waals surface area (Å²) in [7, 11) is 2.01. The van der Waals surface area contributed by atoms with E-state index in [4.69, 9.17) is 16.7 Å². The van der Waals surface area contributed by atoms with Crippen LogP contribution in [0.5, 0.6) is 0 Å². The summed E-state index contributed by atoms with van der Waals surface area (Å²) < 4.78 is 0. The maximum absolute atomic E-state index is 9.04. The molecule has 5 radical (unpaired) electrons. The summed E-state index contributed by atoms with van der Waals surface area (Å²) in [6.07, 6.45) is 8.14. The number of anilines is 1. The Morgan fingerprint density at radius 3 is 2.88 bits per heavy atom. The molecule has 0 saturated heterocycles. The molecule has 5 heteroatoms. The number of aliphatic hydroxyl groups excluding tert-OH is 1. The third-order valence-electron chi connectivity index (χ3n) is 4.10. The van der Waals surface area contributed by atoms with Crippen LogP contribution in [0.1, 0.15) is 0 Å². The predicted molar refractivity (Wildman–Crippen MR) is 99.2 cm³/mol. The quantitative estimate of drug-likeness (QED) is 0.812. The van der Waals surface area contributed by atoms with Crippen LogP contribution in [0.3, 0.4) is 0 Å². The van der Waals surface area contributed by atoms with Crippen molar-refractivity contribution in [1.82, 2.24) is 9.88 Å². The lowest BCUT2D eigenvalue weighted by Gasteiger charge is -2.24. The summed E-state index contributed by atoms with van der Waals surface area (Å²) >= 11 is 6.04. The normalized spacial score (nSPS) is 16.3. The minimum atomic E-state index is 0.177. The highest BCUT2D eigenvalue weighted by Crippen LogP contribution is 2.34. The molecule has 0 bridgehead atoms. The molecule has 1 aromatic carbocycles. The predicted octanol–water partition coefficient (Wildman–Crippen LogP) is 3.00. The third-order valence-corrected chi connectivity index (χ3v) is 4.34. The van der Waals surface area contributed by atoms with Gasteiger partial charge in [0.1, 0.15) is 0 Å².